The van der Waals surface area contributed by atoms with E-state index in [2.05, 4.69) is 5.32 Å². The third-order valence-corrected chi connectivity index (χ3v) is 4.89. The number of carbonyl (C=O) groups excluding carboxylic acids is 3. The van der Waals surface area contributed by atoms with Crippen LogP contribution in [-0.2, 0) is 4.79 Å². The third kappa shape index (κ3) is 4.58. The minimum atomic E-state index is -1.14. The Morgan fingerprint density at radius 3 is 2.45 bits per heavy atom. The van der Waals surface area contributed by atoms with Gasteiger partial charge in [0.1, 0.15) is 5.56 Å². The molecule has 160 valence electrons. The number of hydrogen-bond donors (Lipinski definition) is 2. The summed E-state index contributed by atoms with van der Waals surface area (Å²) in [5.74, 6) is -2.73. The number of nitro benzene ring substituents is 1. The molecule has 0 fully saturated rings. The molecular weight excluding hydrogens is 406 g/mol. The molecule has 0 bridgehead atoms. The molecule has 2 aromatic carbocycles. The van der Waals surface area contributed by atoms with Crippen LogP contribution in [0.25, 0.3) is 0 Å². The molecule has 0 aliphatic carbocycles. The topological polar surface area (TPSA) is 147 Å². The number of carboxylic acids is 1. The summed E-state index contributed by atoms with van der Waals surface area (Å²) in [4.78, 5) is 59.6. The van der Waals surface area contributed by atoms with E-state index in [4.69, 9.17) is 5.11 Å². The highest BCUT2D eigenvalue weighted by Gasteiger charge is 2.40. The first-order valence-corrected chi connectivity index (χ1v) is 9.57. The van der Waals surface area contributed by atoms with E-state index in [1.54, 1.807) is 12.1 Å². The number of aromatic carboxylic acids is 1. The smallest absolute Gasteiger partial charge is 0.337 e. The third-order valence-electron chi connectivity index (χ3n) is 4.89. The largest absolute Gasteiger partial charge is 0.478 e. The second kappa shape index (κ2) is 9.16. The Labute approximate surface area is 176 Å². The van der Waals surface area contributed by atoms with Crippen molar-refractivity contribution in [3.63, 3.8) is 0 Å². The summed E-state index contributed by atoms with van der Waals surface area (Å²) in [6, 6.07) is 10.0. The molecule has 0 spiro atoms. The van der Waals surface area contributed by atoms with Gasteiger partial charge in [-0.15, -0.1) is 0 Å². The van der Waals surface area contributed by atoms with Crippen molar-refractivity contribution in [3.8, 4) is 0 Å². The summed E-state index contributed by atoms with van der Waals surface area (Å²) in [6.07, 6.45) is 1.56. The number of amides is 3. The first-order chi connectivity index (χ1) is 14.8. The Balaban J connectivity index is 1.49. The highest BCUT2D eigenvalue weighted by Crippen LogP contribution is 2.30. The Hall–Kier alpha value is -4.08. The summed E-state index contributed by atoms with van der Waals surface area (Å²) in [7, 11) is 0. The van der Waals surface area contributed by atoms with Crippen molar-refractivity contribution >= 4 is 35.1 Å². The highest BCUT2D eigenvalue weighted by molar-refractivity contribution is 6.23. The van der Waals surface area contributed by atoms with Crippen LogP contribution < -0.4 is 5.32 Å². The number of unbranched alkanes of at least 4 members (excludes halogenated alkanes) is 2. The summed E-state index contributed by atoms with van der Waals surface area (Å²) >= 11 is 0. The minimum absolute atomic E-state index is 0.00410. The number of nitrogens with one attached hydrogen (secondary N) is 1. The summed E-state index contributed by atoms with van der Waals surface area (Å²) in [5.41, 5.74) is -0.343. The van der Waals surface area contributed by atoms with Crippen molar-refractivity contribution in [2.24, 2.45) is 0 Å². The number of benzene rings is 2. The van der Waals surface area contributed by atoms with Crippen LogP contribution in [0.15, 0.2) is 42.5 Å². The predicted molar refractivity (Wildman–Crippen MR) is 109 cm³/mol. The van der Waals surface area contributed by atoms with Crippen molar-refractivity contribution in [2.75, 3.05) is 11.9 Å². The lowest BCUT2D eigenvalue weighted by Gasteiger charge is -2.13. The van der Waals surface area contributed by atoms with Gasteiger partial charge in [0.05, 0.1) is 21.7 Å². The van der Waals surface area contributed by atoms with E-state index in [0.29, 0.717) is 19.3 Å². The first kappa shape index (κ1) is 21.6. The van der Waals surface area contributed by atoms with Crippen molar-refractivity contribution in [3.05, 3.63) is 69.3 Å². The zero-order valence-corrected chi connectivity index (χ0v) is 16.4. The summed E-state index contributed by atoms with van der Waals surface area (Å²) < 4.78 is 0. The van der Waals surface area contributed by atoms with Crippen LogP contribution in [0, 0.1) is 10.1 Å². The van der Waals surface area contributed by atoms with Crippen molar-refractivity contribution in [2.45, 2.75) is 25.7 Å². The molecule has 3 amide bonds. The maximum atomic E-state index is 12.5. The van der Waals surface area contributed by atoms with Gasteiger partial charge in [0.2, 0.25) is 5.91 Å². The maximum Gasteiger partial charge on any atom is 0.337 e. The molecule has 10 nitrogen and oxygen atoms in total. The number of carbonyl (C=O) groups is 4. The average molecular weight is 425 g/mol. The Morgan fingerprint density at radius 2 is 1.74 bits per heavy atom. The van der Waals surface area contributed by atoms with E-state index in [0.717, 1.165) is 4.90 Å². The second-order valence-corrected chi connectivity index (χ2v) is 6.93. The van der Waals surface area contributed by atoms with E-state index < -0.39 is 28.4 Å². The van der Waals surface area contributed by atoms with Crippen molar-refractivity contribution in [1.82, 2.24) is 4.90 Å². The molecule has 0 saturated carbocycles. The molecule has 0 unspecified atom stereocenters. The van der Waals surface area contributed by atoms with Crippen molar-refractivity contribution in [1.29, 1.82) is 0 Å². The first-order valence-electron chi connectivity index (χ1n) is 9.57. The Bertz CT molecular complexity index is 1080. The number of nitro groups is 1. The van der Waals surface area contributed by atoms with Gasteiger partial charge in [0.25, 0.3) is 17.5 Å². The quantitative estimate of drug-likeness (QED) is 0.271. The zero-order valence-electron chi connectivity index (χ0n) is 16.4. The molecule has 1 heterocycles. The fourth-order valence-corrected chi connectivity index (χ4v) is 3.39. The van der Waals surface area contributed by atoms with Gasteiger partial charge in [-0.1, -0.05) is 24.6 Å². The SMILES string of the molecule is O=C(CCCCCN1C(=O)c2cccc([N+](=O)[O-])c2C1=O)Nc1ccccc1C(=O)O. The van der Waals surface area contributed by atoms with Crippen LogP contribution in [0.5, 0.6) is 0 Å². The number of fused-ring (bicyclic) bond motifs is 1. The van der Waals surface area contributed by atoms with Crippen LogP contribution in [-0.4, -0.2) is 45.2 Å². The molecule has 31 heavy (non-hydrogen) atoms. The van der Waals surface area contributed by atoms with E-state index in [-0.39, 0.29) is 41.3 Å². The molecule has 0 saturated heterocycles. The Kier molecular flexibility index (Phi) is 6.39. The summed E-state index contributed by atoms with van der Waals surface area (Å²) in [5, 5.41) is 22.8. The standard InChI is InChI=1S/C21H19N3O7/c25-17(22-15-9-4-3-7-13(15)21(28)29)11-2-1-5-12-23-19(26)14-8-6-10-16(24(30)31)18(14)20(23)27/h3-4,6-10H,1-2,5,11-12H2,(H,22,25)(H,28,29). The van der Waals surface area contributed by atoms with Crippen LogP contribution >= 0.6 is 0 Å². The van der Waals surface area contributed by atoms with Crippen LogP contribution in [0.4, 0.5) is 11.4 Å². The fourth-order valence-electron chi connectivity index (χ4n) is 3.39. The lowest BCUT2D eigenvalue weighted by Crippen LogP contribution is -2.30. The molecule has 0 atom stereocenters. The minimum Gasteiger partial charge on any atom is -0.478 e. The van der Waals surface area contributed by atoms with Gasteiger partial charge in [-0.05, 0) is 31.0 Å². The molecule has 10 heteroatoms. The van der Waals surface area contributed by atoms with Crippen molar-refractivity contribution < 1.29 is 29.2 Å². The van der Waals surface area contributed by atoms with Gasteiger partial charge in [-0.25, -0.2) is 4.79 Å². The molecule has 2 aromatic rings. The number of carboxylic acid groups (broad SMARTS) is 1. The molecule has 1 aliphatic heterocycles. The van der Waals surface area contributed by atoms with Gasteiger partial charge in [-0.3, -0.25) is 29.4 Å². The molecule has 2 N–H and O–H groups in total. The molecular formula is C21H19N3O7. The van der Waals surface area contributed by atoms with E-state index in [9.17, 15) is 29.3 Å². The molecule has 0 aromatic heterocycles. The van der Waals surface area contributed by atoms with E-state index >= 15 is 0 Å². The number of anilines is 1. The van der Waals surface area contributed by atoms with Gasteiger partial charge in [-0.2, -0.15) is 0 Å². The lowest BCUT2D eigenvalue weighted by atomic mass is 10.1. The monoisotopic (exact) mass is 425 g/mol. The summed E-state index contributed by atoms with van der Waals surface area (Å²) in [6.45, 7) is 0.0902. The van der Waals surface area contributed by atoms with Gasteiger partial charge in [0.15, 0.2) is 0 Å². The second-order valence-electron chi connectivity index (χ2n) is 6.93. The Morgan fingerprint density at radius 1 is 1.00 bits per heavy atom. The molecule has 3 rings (SSSR count). The zero-order chi connectivity index (χ0) is 22.5. The number of imide groups is 1. The number of nitrogens with zero attached hydrogens (tertiary/aromatic N) is 2. The van der Waals surface area contributed by atoms with Gasteiger partial charge < -0.3 is 10.4 Å². The number of para-hydroxylation sites is 1. The highest BCUT2D eigenvalue weighted by atomic mass is 16.6. The molecule has 0 radical (unpaired) electrons. The number of hydrogen-bond acceptors (Lipinski definition) is 6. The van der Waals surface area contributed by atoms with Crippen LogP contribution in [0.3, 0.4) is 0 Å². The van der Waals surface area contributed by atoms with E-state index in [1.165, 1.54) is 30.3 Å². The van der Waals surface area contributed by atoms with Crippen LogP contribution in [0.1, 0.15) is 56.8 Å². The fraction of sp³-hybridized carbons (Fsp3) is 0.238. The van der Waals surface area contributed by atoms with Gasteiger partial charge in [0, 0.05) is 19.0 Å². The van der Waals surface area contributed by atoms with E-state index in [1.807, 2.05) is 0 Å². The van der Waals surface area contributed by atoms with Gasteiger partial charge >= 0.3 is 5.97 Å². The maximum absolute atomic E-state index is 12.5. The normalized spacial score (nSPS) is 12.6. The molecule has 1 aliphatic rings. The lowest BCUT2D eigenvalue weighted by molar-refractivity contribution is -0.385. The predicted octanol–water partition coefficient (Wildman–Crippen LogP) is 3.09. The van der Waals surface area contributed by atoms with Crippen LogP contribution in [0.2, 0.25) is 0 Å². The average Bonchev–Trinajstić information content (AvgIpc) is 2.98. The number of rotatable bonds is 9.